The van der Waals surface area contributed by atoms with Crippen LogP contribution in [0.5, 0.6) is 0 Å². The molecule has 0 bridgehead atoms. The summed E-state index contributed by atoms with van der Waals surface area (Å²) in [5.74, 6) is 0. The SMILES string of the molecule is N#Cc1cccc(C#N)c1-n1c[c]cc1. The number of hydrogen-bond donors (Lipinski definition) is 0. The van der Waals surface area contributed by atoms with E-state index in [2.05, 4.69) is 18.2 Å². The number of rotatable bonds is 1. The molecule has 0 saturated heterocycles. The monoisotopic (exact) mass is 192 g/mol. The predicted octanol–water partition coefficient (Wildman–Crippen LogP) is 2.02. The molecule has 3 heteroatoms. The van der Waals surface area contributed by atoms with Gasteiger partial charge in [-0.2, -0.15) is 10.5 Å². The van der Waals surface area contributed by atoms with E-state index in [1.54, 1.807) is 41.2 Å². The summed E-state index contributed by atoms with van der Waals surface area (Å²) >= 11 is 0. The second-order valence-corrected chi connectivity index (χ2v) is 2.94. The van der Waals surface area contributed by atoms with Crippen molar-refractivity contribution in [2.75, 3.05) is 0 Å². The second kappa shape index (κ2) is 3.69. The van der Waals surface area contributed by atoms with Gasteiger partial charge < -0.3 is 4.57 Å². The van der Waals surface area contributed by atoms with Crippen molar-refractivity contribution in [3.63, 3.8) is 0 Å². The van der Waals surface area contributed by atoms with Crippen LogP contribution in [0.3, 0.4) is 0 Å². The molecule has 0 N–H and O–H groups in total. The zero-order valence-electron chi connectivity index (χ0n) is 7.81. The number of para-hydroxylation sites is 1. The van der Waals surface area contributed by atoms with Gasteiger partial charge in [0.15, 0.2) is 0 Å². The Hall–Kier alpha value is -2.52. The van der Waals surface area contributed by atoms with Gasteiger partial charge in [0.1, 0.15) is 12.1 Å². The summed E-state index contributed by atoms with van der Waals surface area (Å²) in [6, 6.07) is 13.8. The van der Waals surface area contributed by atoms with Crippen LogP contribution in [0.4, 0.5) is 0 Å². The van der Waals surface area contributed by atoms with Crippen LogP contribution in [0.25, 0.3) is 5.69 Å². The Labute approximate surface area is 87.4 Å². The van der Waals surface area contributed by atoms with Crippen LogP contribution in [0, 0.1) is 28.7 Å². The molecule has 1 radical (unpaired) electrons. The molecular formula is C12H6N3. The van der Waals surface area contributed by atoms with Gasteiger partial charge in [-0.1, -0.05) is 6.07 Å². The molecule has 0 aliphatic carbocycles. The van der Waals surface area contributed by atoms with E-state index in [0.29, 0.717) is 16.8 Å². The van der Waals surface area contributed by atoms with Crippen LogP contribution in [-0.4, -0.2) is 4.57 Å². The van der Waals surface area contributed by atoms with E-state index in [0.717, 1.165) is 0 Å². The third-order valence-corrected chi connectivity index (χ3v) is 2.08. The molecule has 2 aromatic rings. The quantitative estimate of drug-likeness (QED) is 0.694. The van der Waals surface area contributed by atoms with E-state index >= 15 is 0 Å². The fourth-order valence-corrected chi connectivity index (χ4v) is 1.43. The summed E-state index contributed by atoms with van der Waals surface area (Å²) in [5.41, 5.74) is 1.58. The molecule has 0 unspecified atom stereocenters. The number of benzene rings is 1. The molecule has 0 atom stereocenters. The molecule has 1 aromatic carbocycles. The van der Waals surface area contributed by atoms with Gasteiger partial charge in [0.05, 0.1) is 16.8 Å². The lowest BCUT2D eigenvalue weighted by atomic mass is 10.1. The molecule has 15 heavy (non-hydrogen) atoms. The summed E-state index contributed by atoms with van der Waals surface area (Å²) in [5, 5.41) is 17.9. The van der Waals surface area contributed by atoms with Crippen LogP contribution in [0.1, 0.15) is 11.1 Å². The number of aromatic nitrogens is 1. The van der Waals surface area contributed by atoms with Gasteiger partial charge in [0.2, 0.25) is 0 Å². The van der Waals surface area contributed by atoms with E-state index in [-0.39, 0.29) is 0 Å². The highest BCUT2D eigenvalue weighted by Crippen LogP contribution is 2.18. The predicted molar refractivity (Wildman–Crippen MR) is 54.0 cm³/mol. The highest BCUT2D eigenvalue weighted by Gasteiger charge is 2.08. The Morgan fingerprint density at radius 2 is 1.80 bits per heavy atom. The Balaban J connectivity index is 2.75. The van der Waals surface area contributed by atoms with Gasteiger partial charge in [-0.05, 0) is 18.2 Å². The van der Waals surface area contributed by atoms with Gasteiger partial charge in [0.25, 0.3) is 0 Å². The highest BCUT2D eigenvalue weighted by molar-refractivity contribution is 5.58. The number of nitrogens with zero attached hydrogens (tertiary/aromatic N) is 3. The first-order valence-electron chi connectivity index (χ1n) is 4.34. The third-order valence-electron chi connectivity index (χ3n) is 2.08. The Morgan fingerprint density at radius 3 is 2.27 bits per heavy atom. The minimum absolute atomic E-state index is 0.485. The molecule has 3 nitrogen and oxygen atoms in total. The Morgan fingerprint density at radius 1 is 1.13 bits per heavy atom. The first-order valence-corrected chi connectivity index (χ1v) is 4.34. The van der Waals surface area contributed by atoms with Crippen molar-refractivity contribution < 1.29 is 0 Å². The van der Waals surface area contributed by atoms with Crippen molar-refractivity contribution in [3.05, 3.63) is 53.9 Å². The van der Waals surface area contributed by atoms with E-state index in [9.17, 15) is 0 Å². The zero-order valence-corrected chi connectivity index (χ0v) is 7.81. The molecule has 69 valence electrons. The van der Waals surface area contributed by atoms with Crippen molar-refractivity contribution in [1.82, 2.24) is 4.57 Å². The maximum atomic E-state index is 8.95. The van der Waals surface area contributed by atoms with Gasteiger partial charge in [-0.15, -0.1) is 0 Å². The minimum atomic E-state index is 0.485. The van der Waals surface area contributed by atoms with Gasteiger partial charge in [0, 0.05) is 18.5 Å². The average Bonchev–Trinajstić information content (AvgIpc) is 2.81. The first-order chi connectivity index (χ1) is 7.36. The number of nitriles is 2. The average molecular weight is 192 g/mol. The fourth-order valence-electron chi connectivity index (χ4n) is 1.43. The van der Waals surface area contributed by atoms with Gasteiger partial charge >= 0.3 is 0 Å². The van der Waals surface area contributed by atoms with E-state index in [1.807, 2.05) is 0 Å². The van der Waals surface area contributed by atoms with Crippen molar-refractivity contribution >= 4 is 0 Å². The van der Waals surface area contributed by atoms with E-state index < -0.39 is 0 Å². The lowest BCUT2D eigenvalue weighted by molar-refractivity contribution is 1.06. The third kappa shape index (κ3) is 1.47. The lowest BCUT2D eigenvalue weighted by Gasteiger charge is -2.06. The van der Waals surface area contributed by atoms with Crippen LogP contribution >= 0.6 is 0 Å². The normalized spacial score (nSPS) is 9.20. The van der Waals surface area contributed by atoms with Crippen molar-refractivity contribution in [3.8, 4) is 17.8 Å². The minimum Gasteiger partial charge on any atom is -0.321 e. The maximum Gasteiger partial charge on any atom is 0.101 e. The molecule has 0 spiro atoms. The van der Waals surface area contributed by atoms with Crippen molar-refractivity contribution in [2.24, 2.45) is 0 Å². The van der Waals surface area contributed by atoms with Crippen LogP contribution in [0.2, 0.25) is 0 Å². The molecule has 2 rings (SSSR count). The van der Waals surface area contributed by atoms with Crippen LogP contribution in [0.15, 0.2) is 36.7 Å². The summed E-state index contributed by atoms with van der Waals surface area (Å²) < 4.78 is 1.72. The largest absolute Gasteiger partial charge is 0.321 e. The van der Waals surface area contributed by atoms with Crippen LogP contribution in [-0.2, 0) is 0 Å². The van der Waals surface area contributed by atoms with Crippen LogP contribution < -0.4 is 0 Å². The zero-order chi connectivity index (χ0) is 10.7. The molecule has 0 amide bonds. The standard InChI is InChI=1S/C12H6N3/c13-8-10-4-3-5-11(9-14)12(10)15-6-1-2-7-15/h1,3-7H. The van der Waals surface area contributed by atoms with Crippen molar-refractivity contribution in [1.29, 1.82) is 10.5 Å². The first kappa shape index (κ1) is 9.05. The Bertz CT molecular complexity index is 521. The van der Waals surface area contributed by atoms with E-state index in [1.165, 1.54) is 0 Å². The Kier molecular flexibility index (Phi) is 2.23. The summed E-state index contributed by atoms with van der Waals surface area (Å²) in [6.45, 7) is 0. The molecule has 1 aromatic heterocycles. The topological polar surface area (TPSA) is 52.5 Å². The molecule has 0 saturated carbocycles. The number of hydrogen-bond acceptors (Lipinski definition) is 2. The van der Waals surface area contributed by atoms with Crippen molar-refractivity contribution in [2.45, 2.75) is 0 Å². The van der Waals surface area contributed by atoms with E-state index in [4.69, 9.17) is 10.5 Å². The molecule has 0 aliphatic heterocycles. The molecule has 1 heterocycles. The smallest absolute Gasteiger partial charge is 0.101 e. The lowest BCUT2D eigenvalue weighted by Crippen LogP contribution is -1.97. The summed E-state index contributed by atoms with van der Waals surface area (Å²) in [7, 11) is 0. The molecular weight excluding hydrogens is 186 g/mol. The summed E-state index contributed by atoms with van der Waals surface area (Å²) in [6.07, 6.45) is 3.45. The summed E-state index contributed by atoms with van der Waals surface area (Å²) in [4.78, 5) is 0. The fraction of sp³-hybridized carbons (Fsp3) is 0. The highest BCUT2D eigenvalue weighted by atomic mass is 14.9. The molecule has 0 fully saturated rings. The second-order valence-electron chi connectivity index (χ2n) is 2.94. The molecule has 0 aliphatic rings. The van der Waals surface area contributed by atoms with Gasteiger partial charge in [-0.3, -0.25) is 0 Å². The van der Waals surface area contributed by atoms with Gasteiger partial charge in [-0.25, -0.2) is 0 Å². The maximum absolute atomic E-state index is 8.95.